The number of hydrogen-bond acceptors (Lipinski definition) is 5. The lowest BCUT2D eigenvalue weighted by atomic mass is 10.2. The third-order valence-corrected chi connectivity index (χ3v) is 4.33. The van der Waals surface area contributed by atoms with Crippen LogP contribution in [0.25, 0.3) is 0 Å². The summed E-state index contributed by atoms with van der Waals surface area (Å²) in [6.45, 7) is 4.04. The predicted molar refractivity (Wildman–Crippen MR) is 95.0 cm³/mol. The maximum absolute atomic E-state index is 12.4. The highest BCUT2D eigenvalue weighted by Gasteiger charge is 2.22. The first kappa shape index (κ1) is 17.2. The Kier molecular flexibility index (Phi) is 5.14. The molecule has 7 nitrogen and oxygen atoms in total. The van der Waals surface area contributed by atoms with Crippen LogP contribution in [0.4, 0.5) is 11.5 Å². The number of anilines is 2. The van der Waals surface area contributed by atoms with Crippen LogP contribution in [-0.2, 0) is 4.79 Å². The minimum absolute atomic E-state index is 0.177. The first-order valence-corrected chi connectivity index (χ1v) is 8.30. The molecule has 1 aromatic heterocycles. The first-order valence-electron chi connectivity index (χ1n) is 7.92. The lowest BCUT2D eigenvalue weighted by Gasteiger charge is -2.32. The fourth-order valence-corrected chi connectivity index (χ4v) is 2.74. The lowest BCUT2D eigenvalue weighted by Crippen LogP contribution is -2.48. The number of carbonyl (C=O) groups excluding carboxylic acids is 2. The van der Waals surface area contributed by atoms with Crippen molar-refractivity contribution in [2.75, 3.05) is 31.5 Å². The minimum atomic E-state index is -0.177. The van der Waals surface area contributed by atoms with Crippen molar-refractivity contribution >= 4 is 35.4 Å². The Hall–Kier alpha value is -2.67. The molecule has 2 amide bonds. The molecule has 2 aromatic rings. The Balaban J connectivity index is 1.67. The molecule has 1 fully saturated rings. The van der Waals surface area contributed by atoms with Crippen LogP contribution in [-0.4, -0.2) is 58.5 Å². The van der Waals surface area contributed by atoms with E-state index in [1.54, 1.807) is 21.9 Å². The van der Waals surface area contributed by atoms with Crippen LogP contribution >= 0.6 is 11.6 Å². The number of amides is 2. The van der Waals surface area contributed by atoms with Gasteiger partial charge < -0.3 is 15.1 Å². The largest absolute Gasteiger partial charge is 0.342 e. The highest BCUT2D eigenvalue weighted by molar-refractivity contribution is 6.30. The van der Waals surface area contributed by atoms with Crippen molar-refractivity contribution in [3.8, 4) is 0 Å². The Morgan fingerprint density at radius 2 is 1.92 bits per heavy atom. The van der Waals surface area contributed by atoms with E-state index in [2.05, 4.69) is 15.5 Å². The van der Waals surface area contributed by atoms with E-state index in [0.717, 1.165) is 17.7 Å². The van der Waals surface area contributed by atoms with Crippen LogP contribution in [0, 0.1) is 6.92 Å². The molecule has 0 unspecified atom stereocenters. The number of hydrogen-bond donors (Lipinski definition) is 1. The van der Waals surface area contributed by atoms with Crippen molar-refractivity contribution < 1.29 is 9.59 Å². The molecule has 0 bridgehead atoms. The van der Waals surface area contributed by atoms with Crippen LogP contribution in [0.15, 0.2) is 30.3 Å². The molecule has 1 aromatic carbocycles. The van der Waals surface area contributed by atoms with Crippen molar-refractivity contribution in [2.24, 2.45) is 0 Å². The number of nitrogens with one attached hydrogen (secondary N) is 1. The number of benzene rings is 1. The average Bonchev–Trinajstić information content (AvgIpc) is 2.65. The number of piperazine rings is 1. The van der Waals surface area contributed by atoms with Gasteiger partial charge in [0, 0.05) is 36.9 Å². The second kappa shape index (κ2) is 7.48. The number of aromatic nitrogens is 2. The molecule has 0 aliphatic carbocycles. The number of halogens is 1. The Morgan fingerprint density at radius 1 is 1.16 bits per heavy atom. The first-order chi connectivity index (χ1) is 12.1. The zero-order valence-corrected chi connectivity index (χ0v) is 14.5. The molecule has 0 saturated carbocycles. The second-order valence-corrected chi connectivity index (χ2v) is 6.26. The van der Waals surface area contributed by atoms with E-state index in [1.165, 1.54) is 0 Å². The monoisotopic (exact) mass is 359 g/mol. The van der Waals surface area contributed by atoms with Crippen LogP contribution < -0.4 is 5.32 Å². The SMILES string of the molecule is Cc1ccc(Cl)cc1Nc1ccc(C(=O)N2CCN(C=O)CC2)nn1. The van der Waals surface area contributed by atoms with Gasteiger partial charge in [0.15, 0.2) is 11.5 Å². The van der Waals surface area contributed by atoms with Crippen molar-refractivity contribution in [1.29, 1.82) is 0 Å². The third kappa shape index (κ3) is 4.06. The van der Waals surface area contributed by atoms with Gasteiger partial charge in [-0.25, -0.2) is 0 Å². The van der Waals surface area contributed by atoms with Crippen molar-refractivity contribution in [1.82, 2.24) is 20.0 Å². The van der Waals surface area contributed by atoms with Gasteiger partial charge in [-0.3, -0.25) is 9.59 Å². The number of rotatable bonds is 4. The summed E-state index contributed by atoms with van der Waals surface area (Å²) in [5, 5.41) is 11.9. The molecule has 1 saturated heterocycles. The Labute approximate surface area is 150 Å². The predicted octanol–water partition coefficient (Wildman–Crippen LogP) is 2.10. The topological polar surface area (TPSA) is 78.4 Å². The summed E-state index contributed by atoms with van der Waals surface area (Å²) in [5.74, 6) is 0.358. The van der Waals surface area contributed by atoms with Crippen LogP contribution in [0.3, 0.4) is 0 Å². The van der Waals surface area contributed by atoms with E-state index in [9.17, 15) is 9.59 Å². The van der Waals surface area contributed by atoms with Gasteiger partial charge in [0.25, 0.3) is 5.91 Å². The second-order valence-electron chi connectivity index (χ2n) is 5.82. The maximum Gasteiger partial charge on any atom is 0.274 e. The van der Waals surface area contributed by atoms with Crippen molar-refractivity contribution in [3.63, 3.8) is 0 Å². The van der Waals surface area contributed by atoms with Crippen LogP contribution in [0.2, 0.25) is 5.02 Å². The molecule has 1 aliphatic rings. The van der Waals surface area contributed by atoms with Gasteiger partial charge in [-0.1, -0.05) is 17.7 Å². The van der Waals surface area contributed by atoms with Gasteiger partial charge in [-0.05, 0) is 36.8 Å². The van der Waals surface area contributed by atoms with E-state index in [4.69, 9.17) is 11.6 Å². The maximum atomic E-state index is 12.4. The molecule has 0 spiro atoms. The Bertz CT molecular complexity index is 773. The molecule has 130 valence electrons. The molecule has 0 atom stereocenters. The summed E-state index contributed by atoms with van der Waals surface area (Å²) in [7, 11) is 0. The molecule has 0 radical (unpaired) electrons. The molecule has 2 heterocycles. The highest BCUT2D eigenvalue weighted by Crippen LogP contribution is 2.23. The van der Waals surface area contributed by atoms with E-state index >= 15 is 0 Å². The van der Waals surface area contributed by atoms with Crippen molar-refractivity contribution in [2.45, 2.75) is 6.92 Å². The normalized spacial score (nSPS) is 14.3. The molecular weight excluding hydrogens is 342 g/mol. The fraction of sp³-hybridized carbons (Fsp3) is 0.294. The van der Waals surface area contributed by atoms with Gasteiger partial charge in [0.1, 0.15) is 0 Å². The number of nitrogens with zero attached hydrogens (tertiary/aromatic N) is 4. The van der Waals surface area contributed by atoms with Crippen LogP contribution in [0.5, 0.6) is 0 Å². The van der Waals surface area contributed by atoms with Gasteiger partial charge in [-0.15, -0.1) is 10.2 Å². The van der Waals surface area contributed by atoms with Gasteiger partial charge in [0.05, 0.1) is 0 Å². The summed E-state index contributed by atoms with van der Waals surface area (Å²) in [6.07, 6.45) is 0.805. The third-order valence-electron chi connectivity index (χ3n) is 4.10. The quantitative estimate of drug-likeness (QED) is 0.846. The van der Waals surface area contributed by atoms with Gasteiger partial charge in [-0.2, -0.15) is 0 Å². The summed E-state index contributed by atoms with van der Waals surface area (Å²) >= 11 is 6.01. The summed E-state index contributed by atoms with van der Waals surface area (Å²) < 4.78 is 0. The van der Waals surface area contributed by atoms with E-state index in [1.807, 2.05) is 25.1 Å². The number of aryl methyl sites for hydroxylation is 1. The van der Waals surface area contributed by atoms with Crippen LogP contribution in [0.1, 0.15) is 16.1 Å². The standard InChI is InChI=1S/C17H18ClN5O2/c1-12-2-3-13(18)10-15(12)19-16-5-4-14(20-21-16)17(25)23-8-6-22(11-24)7-9-23/h2-5,10-11H,6-9H2,1H3,(H,19,21). The number of carbonyl (C=O) groups is 2. The van der Waals surface area contributed by atoms with E-state index in [0.29, 0.717) is 37.0 Å². The summed E-state index contributed by atoms with van der Waals surface area (Å²) in [4.78, 5) is 26.5. The summed E-state index contributed by atoms with van der Waals surface area (Å²) in [6, 6.07) is 8.89. The molecular formula is C17H18ClN5O2. The zero-order chi connectivity index (χ0) is 17.8. The smallest absolute Gasteiger partial charge is 0.274 e. The summed E-state index contributed by atoms with van der Waals surface area (Å²) in [5.41, 5.74) is 2.15. The van der Waals surface area contributed by atoms with Gasteiger partial charge >= 0.3 is 0 Å². The molecule has 25 heavy (non-hydrogen) atoms. The van der Waals surface area contributed by atoms with E-state index in [-0.39, 0.29) is 11.6 Å². The molecule has 8 heteroatoms. The van der Waals surface area contributed by atoms with Gasteiger partial charge in [0.2, 0.25) is 6.41 Å². The molecule has 1 N–H and O–H groups in total. The molecule has 1 aliphatic heterocycles. The van der Waals surface area contributed by atoms with Crippen molar-refractivity contribution in [3.05, 3.63) is 46.6 Å². The molecule has 3 rings (SSSR count). The fourth-order valence-electron chi connectivity index (χ4n) is 2.57. The van der Waals surface area contributed by atoms with E-state index < -0.39 is 0 Å². The highest BCUT2D eigenvalue weighted by atomic mass is 35.5. The zero-order valence-electron chi connectivity index (χ0n) is 13.8. The lowest BCUT2D eigenvalue weighted by molar-refractivity contribution is -0.119. The minimum Gasteiger partial charge on any atom is -0.342 e. The average molecular weight is 360 g/mol. The Morgan fingerprint density at radius 3 is 2.56 bits per heavy atom.